The lowest BCUT2D eigenvalue weighted by Crippen LogP contribution is -2.04. The molecule has 0 saturated carbocycles. The number of unbranched alkanes of at least 4 members (excludes halogenated alkanes) is 1. The van der Waals surface area contributed by atoms with Crippen LogP contribution in [-0.2, 0) is 9.53 Å². The molecule has 0 unspecified atom stereocenters. The zero-order valence-electron chi connectivity index (χ0n) is 13.9. The Morgan fingerprint density at radius 3 is 2.21 bits per heavy atom. The van der Waals surface area contributed by atoms with Crippen molar-refractivity contribution in [3.63, 3.8) is 0 Å². The molecule has 0 bridgehead atoms. The van der Waals surface area contributed by atoms with E-state index in [9.17, 15) is 9.90 Å². The lowest BCUT2D eigenvalue weighted by atomic mass is 9.99. The molecule has 0 aromatic heterocycles. The molecule has 0 fully saturated rings. The summed E-state index contributed by atoms with van der Waals surface area (Å²) in [7, 11) is 0. The number of ether oxygens (including phenoxy) is 1. The van der Waals surface area contributed by atoms with E-state index in [2.05, 4.69) is 0 Å². The molecule has 2 rings (SSSR count). The summed E-state index contributed by atoms with van der Waals surface area (Å²) in [6, 6.07) is 15.6. The molecule has 0 radical (unpaired) electrons. The first kappa shape index (κ1) is 18.5. The standard InChI is InChI=1S/C20H23ClO3/c1-2-24-20(23)6-4-3-5-19(22)17-9-7-15(8-10-17)16-11-13-18(21)14-12-16/h7-14,19,22H,2-6H2,1H3/t19-/m0/s1. The maximum Gasteiger partial charge on any atom is 0.305 e. The van der Waals surface area contributed by atoms with Gasteiger partial charge in [0, 0.05) is 11.4 Å². The number of halogens is 1. The van der Waals surface area contributed by atoms with E-state index in [1.165, 1.54) is 0 Å². The summed E-state index contributed by atoms with van der Waals surface area (Å²) in [5, 5.41) is 11.0. The maximum atomic E-state index is 11.3. The normalized spacial score (nSPS) is 12.0. The van der Waals surface area contributed by atoms with Gasteiger partial charge in [-0.3, -0.25) is 4.79 Å². The molecule has 0 spiro atoms. The molecule has 0 heterocycles. The van der Waals surface area contributed by atoms with Crippen LogP contribution in [0.3, 0.4) is 0 Å². The zero-order chi connectivity index (χ0) is 17.4. The Kier molecular flexibility index (Phi) is 7.29. The number of rotatable bonds is 8. The fourth-order valence-corrected chi connectivity index (χ4v) is 2.67. The molecule has 128 valence electrons. The number of hydrogen-bond acceptors (Lipinski definition) is 3. The molecule has 0 saturated heterocycles. The van der Waals surface area contributed by atoms with E-state index in [-0.39, 0.29) is 5.97 Å². The molecular weight excluding hydrogens is 324 g/mol. The Hall–Kier alpha value is -1.84. The van der Waals surface area contributed by atoms with Crippen molar-refractivity contribution in [2.75, 3.05) is 6.61 Å². The average Bonchev–Trinajstić information content (AvgIpc) is 2.60. The number of esters is 1. The Labute approximate surface area is 148 Å². The van der Waals surface area contributed by atoms with E-state index in [1.54, 1.807) is 6.92 Å². The second-order valence-corrected chi connectivity index (χ2v) is 6.13. The van der Waals surface area contributed by atoms with Gasteiger partial charge in [0.15, 0.2) is 0 Å². The quantitative estimate of drug-likeness (QED) is 0.530. The van der Waals surface area contributed by atoms with Crippen molar-refractivity contribution in [3.8, 4) is 11.1 Å². The van der Waals surface area contributed by atoms with Crippen LogP contribution in [0.2, 0.25) is 5.02 Å². The molecule has 0 amide bonds. The van der Waals surface area contributed by atoms with Crippen LogP contribution in [0.1, 0.15) is 44.3 Å². The third kappa shape index (κ3) is 5.66. The fourth-order valence-electron chi connectivity index (χ4n) is 2.55. The third-order valence-electron chi connectivity index (χ3n) is 3.89. The molecule has 3 nitrogen and oxygen atoms in total. The first-order valence-electron chi connectivity index (χ1n) is 8.29. The first-order valence-corrected chi connectivity index (χ1v) is 8.67. The van der Waals surface area contributed by atoms with Crippen molar-refractivity contribution in [3.05, 3.63) is 59.1 Å². The monoisotopic (exact) mass is 346 g/mol. The number of aliphatic hydroxyl groups is 1. The highest BCUT2D eigenvalue weighted by atomic mass is 35.5. The number of benzene rings is 2. The Morgan fingerprint density at radius 1 is 1.04 bits per heavy atom. The van der Waals surface area contributed by atoms with Crippen molar-refractivity contribution in [2.45, 2.75) is 38.7 Å². The van der Waals surface area contributed by atoms with Gasteiger partial charge < -0.3 is 9.84 Å². The Morgan fingerprint density at radius 2 is 1.62 bits per heavy atom. The summed E-state index contributed by atoms with van der Waals surface area (Å²) in [4.78, 5) is 11.3. The van der Waals surface area contributed by atoms with Gasteiger partial charge in [0.05, 0.1) is 12.7 Å². The fraction of sp³-hybridized carbons (Fsp3) is 0.350. The second-order valence-electron chi connectivity index (χ2n) is 5.70. The van der Waals surface area contributed by atoms with Crippen LogP contribution >= 0.6 is 11.6 Å². The molecule has 0 aliphatic rings. The van der Waals surface area contributed by atoms with Crippen molar-refractivity contribution < 1.29 is 14.6 Å². The number of aliphatic hydroxyl groups excluding tert-OH is 1. The summed E-state index contributed by atoms with van der Waals surface area (Å²) in [6.45, 7) is 2.22. The maximum absolute atomic E-state index is 11.3. The molecule has 1 N–H and O–H groups in total. The number of carbonyl (C=O) groups is 1. The summed E-state index contributed by atoms with van der Waals surface area (Å²) in [5.41, 5.74) is 3.07. The van der Waals surface area contributed by atoms with Gasteiger partial charge in [-0.05, 0) is 55.0 Å². The van der Waals surface area contributed by atoms with Gasteiger partial charge >= 0.3 is 5.97 Å². The summed E-state index contributed by atoms with van der Waals surface area (Å²) in [5.74, 6) is -0.167. The van der Waals surface area contributed by atoms with E-state index in [4.69, 9.17) is 16.3 Å². The molecule has 2 aromatic rings. The summed E-state index contributed by atoms with van der Waals surface area (Å²) in [6.07, 6.45) is 2.07. The second kappa shape index (κ2) is 9.45. The van der Waals surface area contributed by atoms with Crippen LogP contribution in [0.4, 0.5) is 0 Å². The molecule has 24 heavy (non-hydrogen) atoms. The van der Waals surface area contributed by atoms with E-state index in [0.29, 0.717) is 24.5 Å². The molecule has 4 heteroatoms. The van der Waals surface area contributed by atoms with Gasteiger partial charge in [0.25, 0.3) is 0 Å². The highest BCUT2D eigenvalue weighted by molar-refractivity contribution is 6.30. The van der Waals surface area contributed by atoms with Crippen LogP contribution < -0.4 is 0 Å². The third-order valence-corrected chi connectivity index (χ3v) is 4.14. The van der Waals surface area contributed by atoms with Crippen molar-refractivity contribution in [2.24, 2.45) is 0 Å². The van der Waals surface area contributed by atoms with Crippen molar-refractivity contribution >= 4 is 17.6 Å². The van der Waals surface area contributed by atoms with Gasteiger partial charge in [-0.15, -0.1) is 0 Å². The van der Waals surface area contributed by atoms with Crippen LogP contribution in [-0.4, -0.2) is 17.7 Å². The van der Waals surface area contributed by atoms with Gasteiger partial charge in [-0.25, -0.2) is 0 Å². The lowest BCUT2D eigenvalue weighted by Gasteiger charge is -2.12. The summed E-state index contributed by atoms with van der Waals surface area (Å²) < 4.78 is 4.89. The first-order chi connectivity index (χ1) is 11.6. The predicted octanol–water partition coefficient (Wildman–Crippen LogP) is 5.16. The van der Waals surface area contributed by atoms with Crippen molar-refractivity contribution in [1.82, 2.24) is 0 Å². The van der Waals surface area contributed by atoms with Gasteiger partial charge in [-0.2, -0.15) is 0 Å². The minimum absolute atomic E-state index is 0.167. The highest BCUT2D eigenvalue weighted by Gasteiger charge is 2.09. The van der Waals surface area contributed by atoms with E-state index in [0.717, 1.165) is 29.5 Å². The highest BCUT2D eigenvalue weighted by Crippen LogP contribution is 2.25. The topological polar surface area (TPSA) is 46.5 Å². The molecule has 0 aliphatic carbocycles. The largest absolute Gasteiger partial charge is 0.466 e. The van der Waals surface area contributed by atoms with Gasteiger partial charge in [-0.1, -0.05) is 48.0 Å². The van der Waals surface area contributed by atoms with E-state index in [1.807, 2.05) is 48.5 Å². The smallest absolute Gasteiger partial charge is 0.305 e. The van der Waals surface area contributed by atoms with E-state index < -0.39 is 6.10 Å². The molecule has 0 aliphatic heterocycles. The van der Waals surface area contributed by atoms with Crippen LogP contribution in [0, 0.1) is 0 Å². The van der Waals surface area contributed by atoms with Crippen molar-refractivity contribution in [1.29, 1.82) is 0 Å². The summed E-state index contributed by atoms with van der Waals surface area (Å²) >= 11 is 5.90. The average molecular weight is 347 g/mol. The lowest BCUT2D eigenvalue weighted by molar-refractivity contribution is -0.143. The number of hydrogen-bond donors (Lipinski definition) is 1. The Balaban J connectivity index is 1.84. The van der Waals surface area contributed by atoms with Gasteiger partial charge in [0.1, 0.15) is 0 Å². The molecule has 2 aromatic carbocycles. The Bertz CT molecular complexity index is 635. The minimum atomic E-state index is -0.508. The molecule has 1 atom stereocenters. The van der Waals surface area contributed by atoms with Gasteiger partial charge in [0.2, 0.25) is 0 Å². The molecular formula is C20H23ClO3. The zero-order valence-corrected chi connectivity index (χ0v) is 14.6. The van der Waals surface area contributed by atoms with Crippen LogP contribution in [0.25, 0.3) is 11.1 Å². The van der Waals surface area contributed by atoms with E-state index >= 15 is 0 Å². The van der Waals surface area contributed by atoms with Crippen LogP contribution in [0.5, 0.6) is 0 Å². The minimum Gasteiger partial charge on any atom is -0.466 e. The number of carbonyl (C=O) groups excluding carboxylic acids is 1. The SMILES string of the molecule is CCOC(=O)CCCC[C@H](O)c1ccc(-c2ccc(Cl)cc2)cc1. The predicted molar refractivity (Wildman–Crippen MR) is 96.9 cm³/mol. The van der Waals surface area contributed by atoms with Crippen LogP contribution in [0.15, 0.2) is 48.5 Å².